The number of amides is 2. The summed E-state index contributed by atoms with van der Waals surface area (Å²) in [4.78, 5) is 17.2. The summed E-state index contributed by atoms with van der Waals surface area (Å²) >= 11 is 0. The maximum atomic E-state index is 12.5. The summed E-state index contributed by atoms with van der Waals surface area (Å²) in [5.41, 5.74) is 5.71. The molecule has 0 radical (unpaired) electrons. The van der Waals surface area contributed by atoms with Gasteiger partial charge in [-0.15, -0.1) is 0 Å². The Bertz CT molecular complexity index is 1230. The molecule has 6 nitrogen and oxygen atoms in total. The molecule has 158 valence electrons. The van der Waals surface area contributed by atoms with E-state index in [4.69, 9.17) is 9.72 Å². The van der Waals surface area contributed by atoms with Gasteiger partial charge in [-0.1, -0.05) is 30.3 Å². The van der Waals surface area contributed by atoms with Gasteiger partial charge in [0.1, 0.15) is 11.6 Å². The number of anilines is 2. The number of fused-ring (bicyclic) bond motifs is 1. The molecule has 4 rings (SSSR count). The van der Waals surface area contributed by atoms with E-state index in [0.717, 1.165) is 46.5 Å². The van der Waals surface area contributed by atoms with E-state index in [2.05, 4.69) is 27.3 Å². The molecule has 4 aromatic rings. The quantitative estimate of drug-likeness (QED) is 0.449. The number of benzene rings is 3. The highest BCUT2D eigenvalue weighted by Gasteiger charge is 2.10. The van der Waals surface area contributed by atoms with Crippen molar-refractivity contribution in [1.82, 2.24) is 9.55 Å². The Morgan fingerprint density at radius 3 is 2.65 bits per heavy atom. The van der Waals surface area contributed by atoms with Gasteiger partial charge in [0.2, 0.25) is 0 Å². The fourth-order valence-corrected chi connectivity index (χ4v) is 3.68. The summed E-state index contributed by atoms with van der Waals surface area (Å²) < 4.78 is 7.46. The highest BCUT2D eigenvalue weighted by atomic mass is 16.5. The second-order valence-electron chi connectivity index (χ2n) is 7.56. The van der Waals surface area contributed by atoms with E-state index in [0.29, 0.717) is 11.4 Å². The number of imidazole rings is 1. The lowest BCUT2D eigenvalue weighted by Crippen LogP contribution is -2.20. The zero-order chi connectivity index (χ0) is 21.8. The first-order valence-electron chi connectivity index (χ1n) is 10.3. The Balaban J connectivity index is 1.41. The van der Waals surface area contributed by atoms with Crippen LogP contribution in [0, 0.1) is 6.92 Å². The summed E-state index contributed by atoms with van der Waals surface area (Å²) in [5, 5.41) is 5.77. The predicted molar refractivity (Wildman–Crippen MR) is 125 cm³/mol. The summed E-state index contributed by atoms with van der Waals surface area (Å²) in [6.45, 7) is 1.97. The van der Waals surface area contributed by atoms with Crippen molar-refractivity contribution in [2.24, 2.45) is 7.05 Å². The van der Waals surface area contributed by atoms with Crippen LogP contribution < -0.4 is 15.4 Å². The highest BCUT2D eigenvalue weighted by Crippen LogP contribution is 2.25. The van der Waals surface area contributed by atoms with Crippen LogP contribution in [0.1, 0.15) is 17.0 Å². The molecule has 0 saturated carbocycles. The third-order valence-corrected chi connectivity index (χ3v) is 5.31. The molecule has 1 aromatic heterocycles. The van der Waals surface area contributed by atoms with Crippen molar-refractivity contribution in [1.29, 1.82) is 0 Å². The van der Waals surface area contributed by atoms with E-state index >= 15 is 0 Å². The maximum Gasteiger partial charge on any atom is 0.323 e. The molecule has 0 unspecified atom stereocenters. The van der Waals surface area contributed by atoms with E-state index in [1.165, 1.54) is 0 Å². The van der Waals surface area contributed by atoms with Crippen LogP contribution in [0.5, 0.6) is 5.75 Å². The normalized spacial score (nSPS) is 10.8. The summed E-state index contributed by atoms with van der Waals surface area (Å²) in [5.74, 6) is 1.67. The van der Waals surface area contributed by atoms with E-state index in [9.17, 15) is 4.79 Å². The van der Waals surface area contributed by atoms with Crippen molar-refractivity contribution < 1.29 is 9.53 Å². The number of carbonyl (C=O) groups excluding carboxylic acids is 1. The van der Waals surface area contributed by atoms with Crippen LogP contribution in [0.15, 0.2) is 66.7 Å². The zero-order valence-electron chi connectivity index (χ0n) is 18.0. The minimum Gasteiger partial charge on any atom is -0.495 e. The van der Waals surface area contributed by atoms with Crippen LogP contribution in [-0.2, 0) is 19.9 Å². The zero-order valence-corrected chi connectivity index (χ0v) is 18.0. The first kappa shape index (κ1) is 20.5. The number of hydrogen-bond acceptors (Lipinski definition) is 3. The second-order valence-corrected chi connectivity index (χ2v) is 7.56. The average Bonchev–Trinajstić information content (AvgIpc) is 3.08. The lowest BCUT2D eigenvalue weighted by atomic mass is 10.1. The molecule has 0 saturated heterocycles. The van der Waals surface area contributed by atoms with Crippen LogP contribution >= 0.6 is 0 Å². The van der Waals surface area contributed by atoms with Crippen molar-refractivity contribution in [3.63, 3.8) is 0 Å². The van der Waals surface area contributed by atoms with Crippen molar-refractivity contribution >= 4 is 28.4 Å². The average molecular weight is 415 g/mol. The molecule has 0 aliphatic heterocycles. The SMILES string of the molecule is COc1ccc(C)cc1NC(=O)Nc1cccc(CCc2nc3ccccc3n2C)c1. The predicted octanol–water partition coefficient (Wildman–Crippen LogP) is 5.32. The van der Waals surface area contributed by atoms with Gasteiger partial charge in [-0.3, -0.25) is 0 Å². The molecule has 0 bridgehead atoms. The van der Waals surface area contributed by atoms with Crippen LogP contribution in [0.25, 0.3) is 11.0 Å². The minimum absolute atomic E-state index is 0.309. The van der Waals surface area contributed by atoms with Crippen molar-refractivity contribution in [2.75, 3.05) is 17.7 Å². The van der Waals surface area contributed by atoms with Crippen LogP contribution in [0.4, 0.5) is 16.2 Å². The van der Waals surface area contributed by atoms with Gasteiger partial charge in [0, 0.05) is 19.2 Å². The fourth-order valence-electron chi connectivity index (χ4n) is 3.68. The smallest absolute Gasteiger partial charge is 0.323 e. The van der Waals surface area contributed by atoms with Crippen LogP contribution in [-0.4, -0.2) is 22.7 Å². The van der Waals surface area contributed by atoms with Gasteiger partial charge in [-0.2, -0.15) is 0 Å². The molecule has 31 heavy (non-hydrogen) atoms. The van der Waals surface area contributed by atoms with Gasteiger partial charge in [0.15, 0.2) is 0 Å². The lowest BCUT2D eigenvalue weighted by Gasteiger charge is -2.12. The number of ether oxygens (including phenoxy) is 1. The maximum absolute atomic E-state index is 12.5. The standard InChI is InChI=1S/C25H26N4O2/c1-17-11-13-23(31-3)21(15-17)28-25(30)26-19-8-6-7-18(16-19)12-14-24-27-20-9-4-5-10-22(20)29(24)2/h4-11,13,15-16H,12,14H2,1-3H3,(H2,26,28,30). The summed E-state index contributed by atoms with van der Waals surface area (Å²) in [7, 11) is 3.63. The largest absolute Gasteiger partial charge is 0.495 e. The van der Waals surface area contributed by atoms with E-state index in [1.807, 2.05) is 68.6 Å². The number of nitrogens with zero attached hydrogens (tertiary/aromatic N) is 2. The highest BCUT2D eigenvalue weighted by molar-refractivity contribution is 6.00. The van der Waals surface area contributed by atoms with Crippen molar-refractivity contribution in [3.8, 4) is 5.75 Å². The van der Waals surface area contributed by atoms with E-state index < -0.39 is 0 Å². The number of urea groups is 1. The number of para-hydroxylation sites is 2. The molecular formula is C25H26N4O2. The Kier molecular flexibility index (Phi) is 5.89. The number of nitrogens with one attached hydrogen (secondary N) is 2. The van der Waals surface area contributed by atoms with E-state index in [-0.39, 0.29) is 6.03 Å². The van der Waals surface area contributed by atoms with Gasteiger partial charge < -0.3 is 19.9 Å². The Morgan fingerprint density at radius 2 is 1.84 bits per heavy atom. The first-order valence-corrected chi connectivity index (χ1v) is 10.3. The molecule has 0 aliphatic rings. The Morgan fingerprint density at radius 1 is 1.00 bits per heavy atom. The number of methoxy groups -OCH3 is 1. The van der Waals surface area contributed by atoms with Crippen LogP contribution in [0.2, 0.25) is 0 Å². The van der Waals surface area contributed by atoms with Gasteiger partial charge in [0.25, 0.3) is 0 Å². The molecular weight excluding hydrogens is 388 g/mol. The number of hydrogen-bond donors (Lipinski definition) is 2. The third-order valence-electron chi connectivity index (χ3n) is 5.31. The van der Waals surface area contributed by atoms with Gasteiger partial charge in [-0.25, -0.2) is 9.78 Å². The Labute approximate surface area is 181 Å². The van der Waals surface area contributed by atoms with Crippen LogP contribution in [0.3, 0.4) is 0 Å². The number of aryl methyl sites for hydroxylation is 4. The topological polar surface area (TPSA) is 68.2 Å². The monoisotopic (exact) mass is 414 g/mol. The molecule has 0 aliphatic carbocycles. The molecule has 1 heterocycles. The molecule has 0 fully saturated rings. The number of rotatable bonds is 6. The van der Waals surface area contributed by atoms with Gasteiger partial charge in [0.05, 0.1) is 23.8 Å². The first-order chi connectivity index (χ1) is 15.0. The summed E-state index contributed by atoms with van der Waals surface area (Å²) in [6, 6.07) is 21.4. The minimum atomic E-state index is -0.309. The molecule has 2 N–H and O–H groups in total. The molecule has 2 amide bonds. The third kappa shape index (κ3) is 4.69. The van der Waals surface area contributed by atoms with E-state index in [1.54, 1.807) is 7.11 Å². The lowest BCUT2D eigenvalue weighted by molar-refractivity contribution is 0.262. The molecule has 6 heteroatoms. The van der Waals surface area contributed by atoms with Crippen molar-refractivity contribution in [3.05, 3.63) is 83.7 Å². The number of aromatic nitrogens is 2. The number of carbonyl (C=O) groups is 1. The Hall–Kier alpha value is -3.80. The summed E-state index contributed by atoms with van der Waals surface area (Å²) in [6.07, 6.45) is 1.65. The fraction of sp³-hybridized carbons (Fsp3) is 0.200. The van der Waals surface area contributed by atoms with Gasteiger partial charge in [-0.05, 0) is 60.9 Å². The molecule has 3 aromatic carbocycles. The molecule has 0 atom stereocenters. The van der Waals surface area contributed by atoms with Crippen molar-refractivity contribution in [2.45, 2.75) is 19.8 Å². The second kappa shape index (κ2) is 8.92. The van der Waals surface area contributed by atoms with Gasteiger partial charge >= 0.3 is 6.03 Å². The molecule has 0 spiro atoms.